The summed E-state index contributed by atoms with van der Waals surface area (Å²) in [5.74, 6) is -1.37. The maximum Gasteiger partial charge on any atom is 0.287 e. The number of carbonyl (C=O) groups excluding carboxylic acids is 1. The molecule has 0 spiro atoms. The monoisotopic (exact) mass is 309 g/mol. The lowest BCUT2D eigenvalue weighted by Gasteiger charge is -2.24. The lowest BCUT2D eigenvalue weighted by atomic mass is 9.95. The fraction of sp³-hybridized carbons (Fsp3) is 0.312. The molecule has 0 aliphatic heterocycles. The predicted molar refractivity (Wildman–Crippen MR) is 76.4 cm³/mol. The van der Waals surface area contributed by atoms with Crippen molar-refractivity contribution in [2.75, 3.05) is 6.54 Å². The van der Waals surface area contributed by atoms with E-state index in [0.29, 0.717) is 17.4 Å². The van der Waals surface area contributed by atoms with Crippen LogP contribution in [0.5, 0.6) is 0 Å². The van der Waals surface area contributed by atoms with Crippen molar-refractivity contribution >= 4 is 5.91 Å². The van der Waals surface area contributed by atoms with E-state index in [0.717, 1.165) is 12.1 Å². The van der Waals surface area contributed by atoms with Gasteiger partial charge in [-0.1, -0.05) is 6.07 Å². The van der Waals surface area contributed by atoms with Gasteiger partial charge in [-0.05, 0) is 32.9 Å². The number of rotatable bonds is 4. The average Bonchev–Trinajstić information content (AvgIpc) is 2.74. The Morgan fingerprint density at radius 1 is 1.32 bits per heavy atom. The molecular weight excluding hydrogens is 292 g/mol. The Kier molecular flexibility index (Phi) is 4.32. The molecule has 118 valence electrons. The number of carbonyl (C=O) groups is 1. The second kappa shape index (κ2) is 5.88. The molecule has 1 unspecified atom stereocenters. The van der Waals surface area contributed by atoms with E-state index >= 15 is 0 Å². The molecule has 0 aliphatic rings. The first-order valence-electron chi connectivity index (χ1n) is 6.74. The number of aliphatic hydroxyl groups is 1. The molecule has 0 saturated heterocycles. The highest BCUT2D eigenvalue weighted by Gasteiger charge is 2.28. The minimum absolute atomic E-state index is 0.0958. The SMILES string of the molecule is Cc1cc(C)c(C(=O)NCC(C)(O)c2ccc(F)cc2F)o1. The van der Waals surface area contributed by atoms with Crippen molar-refractivity contribution in [3.8, 4) is 0 Å². The summed E-state index contributed by atoms with van der Waals surface area (Å²) in [5, 5.41) is 12.8. The number of benzene rings is 1. The highest BCUT2D eigenvalue weighted by atomic mass is 19.1. The third-order valence-corrected chi connectivity index (χ3v) is 3.35. The number of amides is 1. The van der Waals surface area contributed by atoms with E-state index in [1.165, 1.54) is 6.92 Å². The fourth-order valence-electron chi connectivity index (χ4n) is 2.22. The number of nitrogens with one attached hydrogen (secondary N) is 1. The van der Waals surface area contributed by atoms with E-state index in [4.69, 9.17) is 4.42 Å². The molecule has 4 nitrogen and oxygen atoms in total. The molecule has 2 N–H and O–H groups in total. The van der Waals surface area contributed by atoms with Crippen LogP contribution >= 0.6 is 0 Å². The molecule has 0 aliphatic carbocycles. The molecule has 1 atom stereocenters. The zero-order valence-electron chi connectivity index (χ0n) is 12.5. The van der Waals surface area contributed by atoms with E-state index in [2.05, 4.69) is 5.32 Å². The van der Waals surface area contributed by atoms with Gasteiger partial charge in [-0.25, -0.2) is 8.78 Å². The van der Waals surface area contributed by atoms with Gasteiger partial charge in [-0.2, -0.15) is 0 Å². The van der Waals surface area contributed by atoms with E-state index in [9.17, 15) is 18.7 Å². The van der Waals surface area contributed by atoms with Crippen LogP contribution < -0.4 is 5.32 Å². The van der Waals surface area contributed by atoms with Crippen LogP contribution in [0.1, 0.15) is 34.4 Å². The Morgan fingerprint density at radius 3 is 2.55 bits per heavy atom. The molecule has 22 heavy (non-hydrogen) atoms. The Labute approximate surface area is 126 Å². The van der Waals surface area contributed by atoms with Crippen molar-refractivity contribution in [3.63, 3.8) is 0 Å². The largest absolute Gasteiger partial charge is 0.456 e. The number of halogens is 2. The van der Waals surface area contributed by atoms with Crippen LogP contribution in [0.15, 0.2) is 28.7 Å². The lowest BCUT2D eigenvalue weighted by Crippen LogP contribution is -2.39. The van der Waals surface area contributed by atoms with Gasteiger partial charge in [-0.15, -0.1) is 0 Å². The van der Waals surface area contributed by atoms with E-state index in [-0.39, 0.29) is 17.9 Å². The first-order chi connectivity index (χ1) is 10.2. The number of furan rings is 1. The van der Waals surface area contributed by atoms with Crippen LogP contribution in [0.4, 0.5) is 8.78 Å². The van der Waals surface area contributed by atoms with Gasteiger partial charge < -0.3 is 14.8 Å². The summed E-state index contributed by atoms with van der Waals surface area (Å²) in [7, 11) is 0. The molecule has 1 amide bonds. The summed E-state index contributed by atoms with van der Waals surface area (Å²) >= 11 is 0. The van der Waals surface area contributed by atoms with Crippen molar-refractivity contribution in [2.45, 2.75) is 26.4 Å². The maximum absolute atomic E-state index is 13.7. The normalized spacial score (nSPS) is 13.7. The topological polar surface area (TPSA) is 62.5 Å². The highest BCUT2D eigenvalue weighted by molar-refractivity contribution is 5.92. The van der Waals surface area contributed by atoms with Crippen LogP contribution in [-0.2, 0) is 5.60 Å². The molecular formula is C16H17F2NO3. The van der Waals surface area contributed by atoms with Crippen molar-refractivity contribution < 1.29 is 23.1 Å². The Morgan fingerprint density at radius 2 is 2.00 bits per heavy atom. The molecule has 2 rings (SSSR count). The molecule has 1 aromatic heterocycles. The Bertz CT molecular complexity index is 707. The molecule has 1 aromatic carbocycles. The Hall–Kier alpha value is -2.21. The third-order valence-electron chi connectivity index (χ3n) is 3.35. The Balaban J connectivity index is 2.12. The second-order valence-electron chi connectivity index (χ2n) is 5.45. The number of hydrogen-bond acceptors (Lipinski definition) is 3. The molecule has 2 aromatic rings. The van der Waals surface area contributed by atoms with Crippen LogP contribution in [0, 0.1) is 25.5 Å². The van der Waals surface area contributed by atoms with Crippen LogP contribution in [0.25, 0.3) is 0 Å². The fourth-order valence-corrected chi connectivity index (χ4v) is 2.22. The number of hydrogen-bond donors (Lipinski definition) is 2. The van der Waals surface area contributed by atoms with Gasteiger partial charge in [0.1, 0.15) is 23.0 Å². The average molecular weight is 309 g/mol. The summed E-state index contributed by atoms with van der Waals surface area (Å²) in [6, 6.07) is 4.60. The standard InChI is InChI=1S/C16H17F2NO3/c1-9-6-10(2)22-14(9)15(20)19-8-16(3,21)12-5-4-11(17)7-13(12)18/h4-7,21H,8H2,1-3H3,(H,19,20). The lowest BCUT2D eigenvalue weighted by molar-refractivity contribution is 0.0487. The summed E-state index contributed by atoms with van der Waals surface area (Å²) < 4.78 is 31.9. The maximum atomic E-state index is 13.7. The molecule has 0 fully saturated rings. The van der Waals surface area contributed by atoms with E-state index in [1.807, 2.05) is 0 Å². The summed E-state index contributed by atoms with van der Waals surface area (Å²) in [5.41, 5.74) is -1.10. The van der Waals surface area contributed by atoms with Gasteiger partial charge in [0.25, 0.3) is 5.91 Å². The van der Waals surface area contributed by atoms with Crippen molar-refractivity contribution in [1.29, 1.82) is 0 Å². The van der Waals surface area contributed by atoms with E-state index in [1.54, 1.807) is 19.9 Å². The zero-order chi connectivity index (χ0) is 16.5. The molecule has 0 bridgehead atoms. The molecule has 1 heterocycles. The van der Waals surface area contributed by atoms with Gasteiger partial charge in [-0.3, -0.25) is 4.79 Å². The quantitative estimate of drug-likeness (QED) is 0.913. The van der Waals surface area contributed by atoms with Crippen LogP contribution in [-0.4, -0.2) is 17.6 Å². The van der Waals surface area contributed by atoms with Gasteiger partial charge in [0, 0.05) is 17.2 Å². The molecule has 0 saturated carbocycles. The van der Waals surface area contributed by atoms with Crippen LogP contribution in [0.3, 0.4) is 0 Å². The van der Waals surface area contributed by atoms with E-state index < -0.39 is 23.1 Å². The minimum atomic E-state index is -1.68. The predicted octanol–water partition coefficient (Wildman–Crippen LogP) is 2.81. The van der Waals surface area contributed by atoms with Gasteiger partial charge in [0.2, 0.25) is 0 Å². The summed E-state index contributed by atoms with van der Waals surface area (Å²) in [6.07, 6.45) is 0. The van der Waals surface area contributed by atoms with Gasteiger partial charge in [0.05, 0.1) is 6.54 Å². The van der Waals surface area contributed by atoms with Gasteiger partial charge >= 0.3 is 0 Å². The first-order valence-corrected chi connectivity index (χ1v) is 6.74. The second-order valence-corrected chi connectivity index (χ2v) is 5.45. The summed E-state index contributed by atoms with van der Waals surface area (Å²) in [6.45, 7) is 4.54. The van der Waals surface area contributed by atoms with Crippen molar-refractivity contribution in [3.05, 3.63) is 58.5 Å². The molecule has 6 heteroatoms. The summed E-state index contributed by atoms with van der Waals surface area (Å²) in [4.78, 5) is 12.0. The highest BCUT2D eigenvalue weighted by Crippen LogP contribution is 2.24. The molecule has 0 radical (unpaired) electrons. The van der Waals surface area contributed by atoms with Crippen molar-refractivity contribution in [1.82, 2.24) is 5.32 Å². The third kappa shape index (κ3) is 3.33. The minimum Gasteiger partial charge on any atom is -0.456 e. The zero-order valence-corrected chi connectivity index (χ0v) is 12.5. The number of aryl methyl sites for hydroxylation is 2. The van der Waals surface area contributed by atoms with Crippen molar-refractivity contribution in [2.24, 2.45) is 0 Å². The smallest absolute Gasteiger partial charge is 0.287 e. The first kappa shape index (κ1) is 16.2. The van der Waals surface area contributed by atoms with Gasteiger partial charge in [0.15, 0.2) is 5.76 Å². The van der Waals surface area contributed by atoms with Crippen LogP contribution in [0.2, 0.25) is 0 Å².